The maximum atomic E-state index is 12.2. The Kier molecular flexibility index (Phi) is 8.95. The van der Waals surface area contributed by atoms with Gasteiger partial charge in [-0.2, -0.15) is 0 Å². The summed E-state index contributed by atoms with van der Waals surface area (Å²) in [7, 11) is 0. The van der Waals surface area contributed by atoms with Crippen LogP contribution < -0.4 is 10.6 Å². The minimum atomic E-state index is -0.950. The fraction of sp³-hybridized carbons (Fsp3) is 0.227. The molecular weight excluding hydrogens is 372 g/mol. The first-order valence-corrected chi connectivity index (χ1v) is 9.19. The van der Waals surface area contributed by atoms with Crippen LogP contribution in [0.15, 0.2) is 72.8 Å². The van der Waals surface area contributed by atoms with Gasteiger partial charge in [0.15, 0.2) is 0 Å². The van der Waals surface area contributed by atoms with Crippen LogP contribution in [0.4, 0.5) is 4.79 Å². The molecule has 2 rings (SSSR count). The van der Waals surface area contributed by atoms with Crippen LogP contribution >= 0.6 is 0 Å². The highest BCUT2D eigenvalue weighted by atomic mass is 16.5. The van der Waals surface area contributed by atoms with E-state index in [9.17, 15) is 14.4 Å². The van der Waals surface area contributed by atoms with E-state index in [0.29, 0.717) is 6.42 Å². The number of alkyl carbamates (subject to hydrolysis) is 1. The van der Waals surface area contributed by atoms with Crippen molar-refractivity contribution in [1.29, 1.82) is 0 Å². The highest BCUT2D eigenvalue weighted by Crippen LogP contribution is 2.05. The largest absolute Gasteiger partial charge is 0.481 e. The molecule has 2 aromatic carbocycles. The van der Waals surface area contributed by atoms with Crippen LogP contribution in [-0.2, 0) is 27.4 Å². The molecule has 0 aromatic heterocycles. The minimum absolute atomic E-state index is 0.114. The lowest BCUT2D eigenvalue weighted by atomic mass is 10.1. The summed E-state index contributed by atoms with van der Waals surface area (Å²) in [5.41, 5.74) is 1.84. The molecule has 0 saturated carbocycles. The SMILES string of the molecule is O=C(O)C/C=C/C(Cc1ccccc1)NC(=O)CNC(=O)OCc1ccccc1. The van der Waals surface area contributed by atoms with E-state index in [2.05, 4.69) is 10.6 Å². The molecule has 29 heavy (non-hydrogen) atoms. The minimum Gasteiger partial charge on any atom is -0.481 e. The Labute approximate surface area is 169 Å². The molecular formula is C22H24N2O5. The molecule has 0 aliphatic heterocycles. The number of hydrogen-bond donors (Lipinski definition) is 3. The van der Waals surface area contributed by atoms with Crippen molar-refractivity contribution in [2.24, 2.45) is 0 Å². The summed E-state index contributed by atoms with van der Waals surface area (Å²) < 4.78 is 5.06. The number of benzene rings is 2. The topological polar surface area (TPSA) is 105 Å². The van der Waals surface area contributed by atoms with Crippen molar-refractivity contribution in [3.05, 3.63) is 83.9 Å². The smallest absolute Gasteiger partial charge is 0.407 e. The second-order valence-corrected chi connectivity index (χ2v) is 6.31. The molecule has 7 heteroatoms. The molecule has 2 aromatic rings. The Morgan fingerprint density at radius 1 is 0.966 bits per heavy atom. The molecule has 3 N–H and O–H groups in total. The van der Waals surface area contributed by atoms with Gasteiger partial charge >= 0.3 is 12.1 Å². The third-order valence-corrected chi connectivity index (χ3v) is 3.91. The number of nitrogens with one attached hydrogen (secondary N) is 2. The molecule has 0 aliphatic rings. The lowest BCUT2D eigenvalue weighted by Gasteiger charge is -2.16. The number of rotatable bonds is 10. The summed E-state index contributed by atoms with van der Waals surface area (Å²) in [6.45, 7) is -0.130. The van der Waals surface area contributed by atoms with Crippen LogP contribution in [0.3, 0.4) is 0 Å². The second-order valence-electron chi connectivity index (χ2n) is 6.31. The summed E-state index contributed by atoms with van der Waals surface area (Å²) in [6, 6.07) is 18.3. The first-order chi connectivity index (χ1) is 14.0. The van der Waals surface area contributed by atoms with Crippen LogP contribution in [0, 0.1) is 0 Å². The van der Waals surface area contributed by atoms with Crippen molar-refractivity contribution in [3.8, 4) is 0 Å². The van der Waals surface area contributed by atoms with Crippen LogP contribution in [0.5, 0.6) is 0 Å². The zero-order valence-electron chi connectivity index (χ0n) is 15.9. The van der Waals surface area contributed by atoms with Gasteiger partial charge in [-0.1, -0.05) is 72.8 Å². The van der Waals surface area contributed by atoms with Gasteiger partial charge in [0.25, 0.3) is 0 Å². The number of carboxylic acid groups (broad SMARTS) is 1. The highest BCUT2D eigenvalue weighted by Gasteiger charge is 2.12. The van der Waals surface area contributed by atoms with Gasteiger partial charge in [-0.3, -0.25) is 9.59 Å². The third kappa shape index (κ3) is 9.23. The maximum Gasteiger partial charge on any atom is 0.407 e. The van der Waals surface area contributed by atoms with Gasteiger partial charge < -0.3 is 20.5 Å². The predicted octanol–water partition coefficient (Wildman–Crippen LogP) is 2.67. The van der Waals surface area contributed by atoms with E-state index in [1.54, 1.807) is 6.08 Å². The Morgan fingerprint density at radius 3 is 2.21 bits per heavy atom. The number of amides is 2. The monoisotopic (exact) mass is 396 g/mol. The van der Waals surface area contributed by atoms with Gasteiger partial charge in [-0.15, -0.1) is 0 Å². The summed E-state index contributed by atoms with van der Waals surface area (Å²) in [5.74, 6) is -1.35. The number of aliphatic carboxylic acids is 1. The summed E-state index contributed by atoms with van der Waals surface area (Å²) in [5, 5.41) is 14.0. The summed E-state index contributed by atoms with van der Waals surface area (Å²) >= 11 is 0. The highest BCUT2D eigenvalue weighted by molar-refractivity contribution is 5.82. The Hall–Kier alpha value is -3.61. The summed E-state index contributed by atoms with van der Waals surface area (Å²) in [4.78, 5) is 34.6. The average molecular weight is 396 g/mol. The van der Waals surface area contributed by atoms with E-state index in [1.165, 1.54) is 6.08 Å². The maximum absolute atomic E-state index is 12.2. The fourth-order valence-electron chi connectivity index (χ4n) is 2.55. The average Bonchev–Trinajstić information content (AvgIpc) is 2.72. The molecule has 0 radical (unpaired) electrons. The van der Waals surface area contributed by atoms with Gasteiger partial charge in [0, 0.05) is 0 Å². The van der Waals surface area contributed by atoms with Gasteiger partial charge in [-0.25, -0.2) is 4.79 Å². The lowest BCUT2D eigenvalue weighted by molar-refractivity contribution is -0.136. The number of carbonyl (C=O) groups excluding carboxylic acids is 2. The van der Waals surface area contributed by atoms with Crippen molar-refractivity contribution < 1.29 is 24.2 Å². The van der Waals surface area contributed by atoms with E-state index in [4.69, 9.17) is 9.84 Å². The number of carboxylic acids is 1. The Morgan fingerprint density at radius 2 is 1.59 bits per heavy atom. The normalized spacial score (nSPS) is 11.6. The first kappa shape index (κ1) is 21.7. The lowest BCUT2D eigenvalue weighted by Crippen LogP contribution is -2.42. The number of ether oxygens (including phenoxy) is 1. The van der Waals surface area contributed by atoms with Gasteiger partial charge in [0.05, 0.1) is 12.5 Å². The van der Waals surface area contributed by atoms with Crippen molar-refractivity contribution in [3.63, 3.8) is 0 Å². The molecule has 7 nitrogen and oxygen atoms in total. The van der Waals surface area contributed by atoms with E-state index >= 15 is 0 Å². The van der Waals surface area contributed by atoms with Crippen LogP contribution in [0.1, 0.15) is 17.5 Å². The van der Waals surface area contributed by atoms with E-state index in [-0.39, 0.29) is 19.6 Å². The third-order valence-electron chi connectivity index (χ3n) is 3.91. The molecule has 0 fully saturated rings. The zero-order chi connectivity index (χ0) is 20.9. The quantitative estimate of drug-likeness (QED) is 0.536. The molecule has 152 valence electrons. The standard InChI is InChI=1S/C22H24N2O5/c25-20(15-23-22(28)29-16-18-10-5-2-6-11-18)24-19(12-7-13-21(26)27)14-17-8-3-1-4-9-17/h1-12,19H,13-16H2,(H,23,28)(H,24,25)(H,26,27)/b12-7+. The number of hydrogen-bond acceptors (Lipinski definition) is 4. The first-order valence-electron chi connectivity index (χ1n) is 9.19. The zero-order valence-corrected chi connectivity index (χ0v) is 15.9. The van der Waals surface area contributed by atoms with Gasteiger partial charge in [-0.05, 0) is 17.5 Å². The Balaban J connectivity index is 1.81. The summed E-state index contributed by atoms with van der Waals surface area (Å²) in [6.07, 6.45) is 2.82. The molecule has 0 spiro atoms. The van der Waals surface area contributed by atoms with Crippen LogP contribution in [0.25, 0.3) is 0 Å². The van der Waals surface area contributed by atoms with Crippen molar-refractivity contribution in [2.45, 2.75) is 25.5 Å². The predicted molar refractivity (Wildman–Crippen MR) is 108 cm³/mol. The fourth-order valence-corrected chi connectivity index (χ4v) is 2.55. The van der Waals surface area contributed by atoms with Crippen molar-refractivity contribution in [2.75, 3.05) is 6.54 Å². The molecule has 0 aliphatic carbocycles. The molecule has 0 saturated heterocycles. The Bertz CT molecular complexity index is 822. The number of carbonyl (C=O) groups is 3. The van der Waals surface area contributed by atoms with Crippen molar-refractivity contribution >= 4 is 18.0 Å². The van der Waals surface area contributed by atoms with Gasteiger partial charge in [0.2, 0.25) is 5.91 Å². The second kappa shape index (κ2) is 12.0. The van der Waals surface area contributed by atoms with E-state index in [0.717, 1.165) is 11.1 Å². The van der Waals surface area contributed by atoms with Crippen LogP contribution in [0.2, 0.25) is 0 Å². The molecule has 1 unspecified atom stereocenters. The molecule has 0 heterocycles. The van der Waals surface area contributed by atoms with E-state index < -0.39 is 24.0 Å². The van der Waals surface area contributed by atoms with Crippen LogP contribution in [-0.4, -0.2) is 35.7 Å². The van der Waals surface area contributed by atoms with E-state index in [1.807, 2.05) is 60.7 Å². The van der Waals surface area contributed by atoms with Crippen molar-refractivity contribution in [1.82, 2.24) is 10.6 Å². The molecule has 2 amide bonds. The molecule has 1 atom stereocenters. The van der Waals surface area contributed by atoms with Gasteiger partial charge in [0.1, 0.15) is 13.2 Å². The molecule has 0 bridgehead atoms.